The van der Waals surface area contributed by atoms with Gasteiger partial charge in [0, 0.05) is 6.54 Å². The van der Waals surface area contributed by atoms with Crippen LogP contribution in [0.25, 0.3) is 0 Å². The average Bonchev–Trinajstić information content (AvgIpc) is 2.28. The Hall–Kier alpha value is -1.92. The molecule has 0 amide bonds. The fourth-order valence-electron chi connectivity index (χ4n) is 1.31. The van der Waals surface area contributed by atoms with E-state index in [1.807, 2.05) is 0 Å². The van der Waals surface area contributed by atoms with Gasteiger partial charge in [0.25, 0.3) is 0 Å². The summed E-state index contributed by atoms with van der Waals surface area (Å²) in [4.78, 5) is 22.4. The van der Waals surface area contributed by atoms with E-state index in [2.05, 4.69) is 0 Å². The normalized spacial score (nSPS) is 11.9. The third-order valence-corrected chi connectivity index (χ3v) is 2.13. The van der Waals surface area contributed by atoms with Crippen LogP contribution in [0.1, 0.15) is 27.6 Å². The van der Waals surface area contributed by atoms with Gasteiger partial charge in [-0.3, -0.25) is 10.5 Å². The zero-order valence-electron chi connectivity index (χ0n) is 9.34. The number of carbonyl (C=O) groups is 2. The van der Waals surface area contributed by atoms with Gasteiger partial charge in [-0.2, -0.15) is 0 Å². The molecule has 0 aliphatic heterocycles. The SMILES string of the molecule is CC(=O)c1cccc(C(=O)O)c1OC(N)CN. The third-order valence-electron chi connectivity index (χ3n) is 2.13. The first kappa shape index (κ1) is 13.1. The van der Waals surface area contributed by atoms with Crippen molar-refractivity contribution in [3.8, 4) is 5.75 Å². The number of hydrogen-bond donors (Lipinski definition) is 3. The third kappa shape index (κ3) is 3.02. The van der Waals surface area contributed by atoms with Crippen LogP contribution in [0.4, 0.5) is 0 Å². The van der Waals surface area contributed by atoms with Gasteiger partial charge in [-0.1, -0.05) is 6.07 Å². The Morgan fingerprint density at radius 1 is 1.41 bits per heavy atom. The molecule has 0 heterocycles. The summed E-state index contributed by atoms with van der Waals surface area (Å²) in [6.07, 6.45) is -0.853. The Morgan fingerprint density at radius 3 is 2.47 bits per heavy atom. The second-order valence-electron chi connectivity index (χ2n) is 3.44. The maximum Gasteiger partial charge on any atom is 0.339 e. The van der Waals surface area contributed by atoms with Crippen molar-refractivity contribution in [2.75, 3.05) is 6.54 Å². The molecule has 0 aliphatic rings. The predicted octanol–water partition coefficient (Wildman–Crippen LogP) is 0.210. The van der Waals surface area contributed by atoms with Gasteiger partial charge in [-0.05, 0) is 19.1 Å². The molecule has 0 aliphatic carbocycles. The lowest BCUT2D eigenvalue weighted by atomic mass is 10.1. The van der Waals surface area contributed by atoms with Gasteiger partial charge in [0.2, 0.25) is 0 Å². The lowest BCUT2D eigenvalue weighted by molar-refractivity contribution is 0.0689. The van der Waals surface area contributed by atoms with Gasteiger partial charge < -0.3 is 15.6 Å². The largest absolute Gasteiger partial charge is 0.478 e. The standard InChI is InChI=1S/C11H14N2O4/c1-6(14)7-3-2-4-8(11(15)16)10(7)17-9(13)5-12/h2-4,9H,5,12-13H2,1H3,(H,15,16). The molecular formula is C11H14N2O4. The van der Waals surface area contributed by atoms with Gasteiger partial charge in [-0.25, -0.2) is 4.79 Å². The van der Waals surface area contributed by atoms with Gasteiger partial charge in [0.15, 0.2) is 12.0 Å². The minimum atomic E-state index is -1.19. The molecule has 6 heteroatoms. The van der Waals surface area contributed by atoms with Crippen molar-refractivity contribution in [3.63, 3.8) is 0 Å². The van der Waals surface area contributed by atoms with Crippen molar-refractivity contribution in [2.24, 2.45) is 11.5 Å². The molecule has 1 aromatic carbocycles. The zero-order chi connectivity index (χ0) is 13.0. The number of carboxylic acid groups (broad SMARTS) is 1. The van der Waals surface area contributed by atoms with Crippen LogP contribution < -0.4 is 16.2 Å². The number of hydrogen-bond acceptors (Lipinski definition) is 5. The Balaban J connectivity index is 3.28. The summed E-state index contributed by atoms with van der Waals surface area (Å²) in [7, 11) is 0. The lowest BCUT2D eigenvalue weighted by Crippen LogP contribution is -2.36. The van der Waals surface area contributed by atoms with Crippen molar-refractivity contribution in [1.82, 2.24) is 0 Å². The fourth-order valence-corrected chi connectivity index (χ4v) is 1.31. The molecule has 1 unspecified atom stereocenters. The first-order valence-corrected chi connectivity index (χ1v) is 4.97. The van der Waals surface area contributed by atoms with Gasteiger partial charge in [0.1, 0.15) is 11.3 Å². The second kappa shape index (κ2) is 5.42. The van der Waals surface area contributed by atoms with E-state index in [0.717, 1.165) is 0 Å². The molecule has 0 saturated heterocycles. The molecule has 1 atom stereocenters. The quantitative estimate of drug-likeness (QED) is 0.499. The number of Topliss-reactive ketones (excluding diaryl/α,β-unsaturated/α-hetero) is 1. The van der Waals surface area contributed by atoms with Crippen molar-refractivity contribution in [2.45, 2.75) is 13.2 Å². The molecule has 0 saturated carbocycles. The molecule has 0 bridgehead atoms. The average molecular weight is 238 g/mol. The molecule has 0 spiro atoms. The molecule has 1 aromatic rings. The predicted molar refractivity (Wildman–Crippen MR) is 61.1 cm³/mol. The smallest absolute Gasteiger partial charge is 0.339 e. The van der Waals surface area contributed by atoms with Crippen molar-refractivity contribution in [1.29, 1.82) is 0 Å². The van der Waals surface area contributed by atoms with E-state index < -0.39 is 12.2 Å². The molecule has 92 valence electrons. The second-order valence-corrected chi connectivity index (χ2v) is 3.44. The Labute approximate surface area is 98.2 Å². The number of benzene rings is 1. The highest BCUT2D eigenvalue weighted by Crippen LogP contribution is 2.25. The van der Waals surface area contributed by atoms with Crippen LogP contribution in [0.2, 0.25) is 0 Å². The van der Waals surface area contributed by atoms with Crippen molar-refractivity contribution in [3.05, 3.63) is 29.3 Å². The highest BCUT2D eigenvalue weighted by molar-refractivity contribution is 6.01. The molecular weight excluding hydrogens is 224 g/mol. The molecule has 0 fully saturated rings. The van der Waals surface area contributed by atoms with E-state index in [0.29, 0.717) is 0 Å². The fraction of sp³-hybridized carbons (Fsp3) is 0.273. The van der Waals surface area contributed by atoms with E-state index in [1.54, 1.807) is 0 Å². The number of para-hydroxylation sites is 1. The highest BCUT2D eigenvalue weighted by Gasteiger charge is 2.19. The number of ketones is 1. The summed E-state index contributed by atoms with van der Waals surface area (Å²) in [5.74, 6) is -1.52. The minimum Gasteiger partial charge on any atom is -0.478 e. The molecule has 0 aromatic heterocycles. The maximum absolute atomic E-state index is 11.4. The molecule has 17 heavy (non-hydrogen) atoms. The van der Waals surface area contributed by atoms with E-state index in [-0.39, 0.29) is 29.2 Å². The van der Waals surface area contributed by atoms with E-state index in [1.165, 1.54) is 25.1 Å². The van der Waals surface area contributed by atoms with Crippen molar-refractivity contribution >= 4 is 11.8 Å². The summed E-state index contributed by atoms with van der Waals surface area (Å²) >= 11 is 0. The van der Waals surface area contributed by atoms with Crippen molar-refractivity contribution < 1.29 is 19.4 Å². The van der Waals surface area contributed by atoms with E-state index in [9.17, 15) is 9.59 Å². The summed E-state index contributed by atoms with van der Waals surface area (Å²) in [5.41, 5.74) is 10.8. The summed E-state index contributed by atoms with van der Waals surface area (Å²) in [6, 6.07) is 4.29. The first-order valence-electron chi connectivity index (χ1n) is 4.97. The Morgan fingerprint density at radius 2 is 2.00 bits per heavy atom. The van der Waals surface area contributed by atoms with E-state index in [4.69, 9.17) is 21.3 Å². The molecule has 6 nitrogen and oxygen atoms in total. The number of carboxylic acids is 1. The van der Waals surface area contributed by atoms with Gasteiger partial charge in [0.05, 0.1) is 5.56 Å². The number of nitrogens with two attached hydrogens (primary N) is 2. The highest BCUT2D eigenvalue weighted by atomic mass is 16.5. The number of ether oxygens (including phenoxy) is 1. The van der Waals surface area contributed by atoms with Crippen LogP contribution in [-0.4, -0.2) is 29.6 Å². The number of rotatable bonds is 5. The summed E-state index contributed by atoms with van der Waals surface area (Å²) in [5, 5.41) is 8.99. The van der Waals surface area contributed by atoms with Crippen LogP contribution in [0.15, 0.2) is 18.2 Å². The van der Waals surface area contributed by atoms with Crippen LogP contribution in [0, 0.1) is 0 Å². The number of carbonyl (C=O) groups excluding carboxylic acids is 1. The van der Waals surface area contributed by atoms with Crippen LogP contribution in [0.5, 0.6) is 5.75 Å². The van der Waals surface area contributed by atoms with Crippen LogP contribution >= 0.6 is 0 Å². The topological polar surface area (TPSA) is 116 Å². The monoisotopic (exact) mass is 238 g/mol. The van der Waals surface area contributed by atoms with Crippen LogP contribution in [-0.2, 0) is 0 Å². The van der Waals surface area contributed by atoms with Gasteiger partial charge in [-0.15, -0.1) is 0 Å². The van der Waals surface area contributed by atoms with Crippen LogP contribution in [0.3, 0.4) is 0 Å². The van der Waals surface area contributed by atoms with Gasteiger partial charge >= 0.3 is 5.97 Å². The molecule has 5 N–H and O–H groups in total. The zero-order valence-corrected chi connectivity index (χ0v) is 9.34. The Bertz CT molecular complexity index is 413. The summed E-state index contributed by atoms with van der Waals surface area (Å²) < 4.78 is 5.20. The minimum absolute atomic E-state index is 0.0191. The maximum atomic E-state index is 11.4. The molecule has 0 radical (unpaired) electrons. The number of aromatic carboxylic acids is 1. The van der Waals surface area contributed by atoms with E-state index >= 15 is 0 Å². The first-order chi connectivity index (χ1) is 7.97. The Kier molecular flexibility index (Phi) is 4.19. The summed E-state index contributed by atoms with van der Waals surface area (Å²) in [6.45, 7) is 1.34. The lowest BCUT2D eigenvalue weighted by Gasteiger charge is -2.16. The molecule has 1 rings (SSSR count).